The van der Waals surface area contributed by atoms with E-state index in [9.17, 15) is 18.0 Å². The third-order valence-corrected chi connectivity index (χ3v) is 5.73. The van der Waals surface area contributed by atoms with E-state index in [1.165, 1.54) is 31.5 Å². The summed E-state index contributed by atoms with van der Waals surface area (Å²) in [7, 11) is 1.51. The smallest absolute Gasteiger partial charge is 0.417 e. The van der Waals surface area contributed by atoms with Crippen molar-refractivity contribution in [3.8, 4) is 5.88 Å². The number of carbonyl (C=O) groups is 1. The van der Waals surface area contributed by atoms with Gasteiger partial charge in [0.2, 0.25) is 0 Å². The molecule has 1 aromatic heterocycles. The summed E-state index contributed by atoms with van der Waals surface area (Å²) < 4.78 is 45.4. The fourth-order valence-corrected chi connectivity index (χ4v) is 4.34. The number of hydrogen-bond acceptors (Lipinski definition) is 5. The molecular formula is C20H21F3N4O2. The zero-order chi connectivity index (χ0) is 20.6. The number of methoxy groups -OCH3 is 1. The van der Waals surface area contributed by atoms with Crippen LogP contribution in [0.3, 0.4) is 0 Å². The van der Waals surface area contributed by atoms with E-state index >= 15 is 0 Å². The molecule has 2 fully saturated rings. The molecule has 2 aliphatic heterocycles. The van der Waals surface area contributed by atoms with Crippen molar-refractivity contribution in [2.45, 2.75) is 25.1 Å². The van der Waals surface area contributed by atoms with Gasteiger partial charge in [0.05, 0.1) is 24.3 Å². The Hall–Kier alpha value is -2.84. The fourth-order valence-electron chi connectivity index (χ4n) is 4.34. The summed E-state index contributed by atoms with van der Waals surface area (Å²) >= 11 is 0. The lowest BCUT2D eigenvalue weighted by atomic mass is 9.92. The monoisotopic (exact) mass is 406 g/mol. The number of halogens is 3. The number of nitrogens with zero attached hydrogens (tertiary/aromatic N) is 4. The molecule has 29 heavy (non-hydrogen) atoms. The summed E-state index contributed by atoms with van der Waals surface area (Å²) in [6.45, 7) is 1.67. The van der Waals surface area contributed by atoms with Gasteiger partial charge in [0, 0.05) is 32.0 Å². The van der Waals surface area contributed by atoms with Crippen molar-refractivity contribution in [2.24, 2.45) is 5.92 Å². The number of rotatable bonds is 3. The molecular weight excluding hydrogens is 385 g/mol. The van der Waals surface area contributed by atoms with Gasteiger partial charge in [0.15, 0.2) is 5.82 Å². The fraction of sp³-hybridized carbons (Fsp3) is 0.450. The van der Waals surface area contributed by atoms with Crippen LogP contribution in [0, 0.1) is 5.92 Å². The van der Waals surface area contributed by atoms with Crippen LogP contribution in [0.4, 0.5) is 19.0 Å². The van der Waals surface area contributed by atoms with Crippen LogP contribution < -0.4 is 9.64 Å². The Balaban J connectivity index is 1.60. The number of likely N-dealkylation sites (tertiary alicyclic amines) is 1. The Morgan fingerprint density at radius 3 is 2.62 bits per heavy atom. The van der Waals surface area contributed by atoms with Gasteiger partial charge in [-0.05, 0) is 30.9 Å². The molecule has 0 aliphatic carbocycles. The van der Waals surface area contributed by atoms with Crippen molar-refractivity contribution in [1.29, 1.82) is 0 Å². The topological polar surface area (TPSA) is 58.6 Å². The molecule has 9 heteroatoms. The van der Waals surface area contributed by atoms with Gasteiger partial charge in [-0.15, -0.1) is 0 Å². The van der Waals surface area contributed by atoms with Crippen molar-refractivity contribution < 1.29 is 22.7 Å². The first-order chi connectivity index (χ1) is 13.9. The van der Waals surface area contributed by atoms with Crippen LogP contribution >= 0.6 is 0 Å². The molecule has 2 aromatic rings. The Morgan fingerprint density at radius 1 is 1.14 bits per heavy atom. The molecule has 3 heterocycles. The number of benzene rings is 1. The quantitative estimate of drug-likeness (QED) is 0.783. The molecule has 2 saturated heterocycles. The highest BCUT2D eigenvalue weighted by Gasteiger charge is 2.43. The van der Waals surface area contributed by atoms with Crippen LogP contribution in [0.2, 0.25) is 0 Å². The van der Waals surface area contributed by atoms with Gasteiger partial charge >= 0.3 is 6.18 Å². The SMILES string of the molecule is COc1nccnc1N1CCC2CCN(C(=O)c3ccccc3C(F)(F)F)C2C1. The largest absolute Gasteiger partial charge is 0.478 e. The Kier molecular flexibility index (Phi) is 5.06. The lowest BCUT2D eigenvalue weighted by Gasteiger charge is -2.39. The molecule has 154 valence electrons. The molecule has 0 radical (unpaired) electrons. The van der Waals surface area contributed by atoms with Crippen molar-refractivity contribution in [1.82, 2.24) is 14.9 Å². The van der Waals surface area contributed by atoms with Gasteiger partial charge in [-0.2, -0.15) is 13.2 Å². The number of piperidine rings is 1. The van der Waals surface area contributed by atoms with Gasteiger partial charge < -0.3 is 14.5 Å². The maximum absolute atomic E-state index is 13.4. The van der Waals surface area contributed by atoms with E-state index in [-0.39, 0.29) is 17.5 Å². The average molecular weight is 406 g/mol. The number of hydrogen-bond donors (Lipinski definition) is 0. The number of anilines is 1. The molecule has 2 atom stereocenters. The zero-order valence-electron chi connectivity index (χ0n) is 15.9. The van der Waals surface area contributed by atoms with Gasteiger partial charge in [-0.3, -0.25) is 4.79 Å². The van der Waals surface area contributed by atoms with E-state index < -0.39 is 17.6 Å². The predicted octanol–water partition coefficient (Wildman–Crippen LogP) is 3.25. The Labute approximate surface area is 166 Å². The van der Waals surface area contributed by atoms with Gasteiger partial charge in [0.25, 0.3) is 11.8 Å². The maximum atomic E-state index is 13.4. The first-order valence-electron chi connectivity index (χ1n) is 9.47. The van der Waals surface area contributed by atoms with E-state index in [0.717, 1.165) is 25.5 Å². The lowest BCUT2D eigenvalue weighted by molar-refractivity contribution is -0.138. The standard InChI is InChI=1S/C20H21F3N4O2/c1-29-18-17(24-8-9-25-18)26-10-6-13-7-11-27(16(13)12-26)19(28)14-4-2-3-5-15(14)20(21,22)23/h2-5,8-9,13,16H,6-7,10-12H2,1H3. The maximum Gasteiger partial charge on any atom is 0.417 e. The molecule has 6 nitrogen and oxygen atoms in total. The number of amides is 1. The molecule has 1 amide bonds. The highest BCUT2D eigenvalue weighted by atomic mass is 19.4. The summed E-state index contributed by atoms with van der Waals surface area (Å²) in [5.74, 6) is 0.669. The summed E-state index contributed by atoms with van der Waals surface area (Å²) in [6.07, 6.45) is 0.151. The van der Waals surface area contributed by atoms with Crippen LogP contribution in [0.15, 0.2) is 36.7 Å². The summed E-state index contributed by atoms with van der Waals surface area (Å²) in [5.41, 5.74) is -1.19. The van der Waals surface area contributed by atoms with Crippen molar-refractivity contribution in [3.63, 3.8) is 0 Å². The molecule has 0 saturated carbocycles. The van der Waals surface area contributed by atoms with E-state index in [1.54, 1.807) is 11.1 Å². The number of fused-ring (bicyclic) bond motifs is 1. The first kappa shape index (κ1) is 19.5. The first-order valence-corrected chi connectivity index (χ1v) is 9.47. The van der Waals surface area contributed by atoms with E-state index in [1.807, 2.05) is 4.90 Å². The second-order valence-electron chi connectivity index (χ2n) is 7.28. The van der Waals surface area contributed by atoms with Crippen LogP contribution in [0.25, 0.3) is 0 Å². The second kappa shape index (κ2) is 7.53. The number of ether oxygens (including phenoxy) is 1. The van der Waals surface area contributed by atoms with Gasteiger partial charge in [0.1, 0.15) is 0 Å². The molecule has 0 N–H and O–H groups in total. The van der Waals surface area contributed by atoms with E-state index in [2.05, 4.69) is 9.97 Å². The minimum absolute atomic E-state index is 0.177. The molecule has 0 bridgehead atoms. The van der Waals surface area contributed by atoms with Crippen LogP contribution in [0.1, 0.15) is 28.8 Å². The third kappa shape index (κ3) is 3.61. The Bertz CT molecular complexity index is 905. The number of carbonyl (C=O) groups excluding carboxylic acids is 1. The molecule has 2 unspecified atom stereocenters. The lowest BCUT2D eigenvalue weighted by Crippen LogP contribution is -2.50. The van der Waals surface area contributed by atoms with Gasteiger partial charge in [-0.25, -0.2) is 9.97 Å². The zero-order valence-corrected chi connectivity index (χ0v) is 15.9. The van der Waals surface area contributed by atoms with Crippen LogP contribution in [0.5, 0.6) is 5.88 Å². The minimum atomic E-state index is -4.57. The highest BCUT2D eigenvalue weighted by molar-refractivity contribution is 5.96. The molecule has 0 spiro atoms. The number of alkyl halides is 3. The summed E-state index contributed by atoms with van der Waals surface area (Å²) in [4.78, 5) is 25.2. The van der Waals surface area contributed by atoms with E-state index in [0.29, 0.717) is 24.8 Å². The van der Waals surface area contributed by atoms with Crippen molar-refractivity contribution in [2.75, 3.05) is 31.6 Å². The third-order valence-electron chi connectivity index (χ3n) is 5.73. The molecule has 4 rings (SSSR count). The molecule has 1 aromatic carbocycles. The Morgan fingerprint density at radius 2 is 1.86 bits per heavy atom. The second-order valence-corrected chi connectivity index (χ2v) is 7.28. The normalized spacial score (nSPS) is 21.8. The summed E-state index contributed by atoms with van der Waals surface area (Å²) in [6, 6.07) is 4.80. The van der Waals surface area contributed by atoms with E-state index in [4.69, 9.17) is 4.74 Å². The van der Waals surface area contributed by atoms with Crippen LogP contribution in [-0.2, 0) is 6.18 Å². The molecule has 2 aliphatic rings. The van der Waals surface area contributed by atoms with Gasteiger partial charge in [-0.1, -0.05) is 12.1 Å². The van der Waals surface area contributed by atoms with Crippen molar-refractivity contribution >= 4 is 11.7 Å². The average Bonchev–Trinajstić information content (AvgIpc) is 3.15. The van der Waals surface area contributed by atoms with Crippen molar-refractivity contribution in [3.05, 3.63) is 47.8 Å². The minimum Gasteiger partial charge on any atom is -0.478 e. The van der Waals surface area contributed by atoms with Crippen LogP contribution in [-0.4, -0.2) is 53.6 Å². The predicted molar refractivity (Wildman–Crippen MR) is 99.8 cm³/mol. The number of aromatic nitrogens is 2. The highest BCUT2D eigenvalue weighted by Crippen LogP contribution is 2.38. The summed E-state index contributed by atoms with van der Waals surface area (Å²) in [5, 5.41) is 0.